The van der Waals surface area contributed by atoms with Gasteiger partial charge in [-0.15, -0.1) is 10.2 Å². The number of nitrogens with zero attached hydrogens (tertiary/aromatic N) is 4. The van der Waals surface area contributed by atoms with Crippen LogP contribution >= 0.6 is 0 Å². The molecule has 0 radical (unpaired) electrons. The molecule has 0 fully saturated rings. The number of ether oxygens (including phenoxy) is 1. The molecule has 0 unspecified atom stereocenters. The highest BCUT2D eigenvalue weighted by atomic mass is 16.5. The van der Waals surface area contributed by atoms with Crippen molar-refractivity contribution in [3.8, 4) is 5.75 Å². The third-order valence-corrected chi connectivity index (χ3v) is 4.14. The lowest BCUT2D eigenvalue weighted by molar-refractivity contribution is -0.116. The summed E-state index contributed by atoms with van der Waals surface area (Å²) in [5, 5.41) is 11.0. The fraction of sp³-hybridized carbons (Fsp3) is 0.238. The van der Waals surface area contributed by atoms with E-state index in [0.29, 0.717) is 12.4 Å². The van der Waals surface area contributed by atoms with Gasteiger partial charge >= 0.3 is 0 Å². The maximum atomic E-state index is 12.0. The fourth-order valence-electron chi connectivity index (χ4n) is 2.54. The average Bonchev–Trinajstić information content (AvgIpc) is 2.74. The van der Waals surface area contributed by atoms with Crippen molar-refractivity contribution in [1.82, 2.24) is 15.2 Å². The number of likely N-dealkylation sites (N-methyl/N-ethyl adjacent to an activating group) is 1. The Bertz CT molecular complexity index is 857. The van der Waals surface area contributed by atoms with E-state index in [1.165, 1.54) is 5.56 Å². The van der Waals surface area contributed by atoms with Crippen molar-refractivity contribution in [2.75, 3.05) is 30.4 Å². The van der Waals surface area contributed by atoms with Crippen LogP contribution in [-0.4, -0.2) is 41.3 Å². The van der Waals surface area contributed by atoms with Crippen LogP contribution in [0.4, 0.5) is 11.6 Å². The summed E-state index contributed by atoms with van der Waals surface area (Å²) in [7, 11) is 1.96. The third kappa shape index (κ3) is 6.05. The van der Waals surface area contributed by atoms with Gasteiger partial charge in [-0.3, -0.25) is 9.78 Å². The van der Waals surface area contributed by atoms with Crippen LogP contribution in [-0.2, 0) is 11.2 Å². The highest BCUT2D eigenvalue weighted by Gasteiger charge is 2.07. The molecule has 0 aliphatic rings. The van der Waals surface area contributed by atoms with Crippen LogP contribution < -0.4 is 15.0 Å². The van der Waals surface area contributed by atoms with E-state index in [9.17, 15) is 4.79 Å². The number of carbonyl (C=O) groups is 1. The molecule has 3 aromatic rings. The van der Waals surface area contributed by atoms with Crippen molar-refractivity contribution >= 4 is 17.5 Å². The van der Waals surface area contributed by atoms with Crippen molar-refractivity contribution in [1.29, 1.82) is 0 Å². The van der Waals surface area contributed by atoms with Crippen LogP contribution in [0.15, 0.2) is 67.0 Å². The number of pyridine rings is 1. The number of anilines is 2. The Kier molecular flexibility index (Phi) is 6.89. The molecule has 7 nitrogen and oxygen atoms in total. The number of amides is 1. The zero-order valence-electron chi connectivity index (χ0n) is 15.8. The Balaban J connectivity index is 1.42. The van der Waals surface area contributed by atoms with Gasteiger partial charge in [0.1, 0.15) is 5.75 Å². The number of para-hydroxylation sites is 1. The summed E-state index contributed by atoms with van der Waals surface area (Å²) in [6.45, 7) is 1.11. The predicted octanol–water partition coefficient (Wildman–Crippen LogP) is 2.96. The normalized spacial score (nSPS) is 10.3. The zero-order chi connectivity index (χ0) is 19.6. The fourth-order valence-corrected chi connectivity index (χ4v) is 2.54. The van der Waals surface area contributed by atoms with Crippen LogP contribution in [0.25, 0.3) is 0 Å². The third-order valence-electron chi connectivity index (χ3n) is 4.14. The number of carbonyl (C=O) groups excluding carboxylic acids is 1. The maximum Gasteiger partial charge on any atom is 0.229 e. The van der Waals surface area contributed by atoms with Gasteiger partial charge < -0.3 is 15.0 Å². The van der Waals surface area contributed by atoms with Gasteiger partial charge in [0, 0.05) is 26.0 Å². The Morgan fingerprint density at radius 3 is 2.54 bits per heavy atom. The number of nitrogens with one attached hydrogen (secondary N) is 1. The Morgan fingerprint density at radius 2 is 1.82 bits per heavy atom. The number of benzene rings is 1. The molecule has 2 heterocycles. The molecule has 0 spiro atoms. The molecule has 144 valence electrons. The maximum absolute atomic E-state index is 12.0. The van der Waals surface area contributed by atoms with Gasteiger partial charge in [-0.2, -0.15) is 0 Å². The lowest BCUT2D eigenvalue weighted by atomic mass is 10.2. The van der Waals surface area contributed by atoms with E-state index < -0.39 is 0 Å². The number of hydrogen-bond acceptors (Lipinski definition) is 6. The highest BCUT2D eigenvalue weighted by molar-refractivity contribution is 5.89. The van der Waals surface area contributed by atoms with E-state index in [1.807, 2.05) is 60.5 Å². The van der Waals surface area contributed by atoms with E-state index in [4.69, 9.17) is 4.74 Å². The van der Waals surface area contributed by atoms with E-state index in [0.717, 1.165) is 24.5 Å². The van der Waals surface area contributed by atoms with Crippen molar-refractivity contribution in [3.05, 3.63) is 72.6 Å². The summed E-state index contributed by atoms with van der Waals surface area (Å²) in [6.07, 6.45) is 4.71. The molecular weight excluding hydrogens is 354 g/mol. The van der Waals surface area contributed by atoms with Crippen molar-refractivity contribution in [2.24, 2.45) is 0 Å². The minimum absolute atomic E-state index is 0.163. The average molecular weight is 377 g/mol. The van der Waals surface area contributed by atoms with Crippen LogP contribution in [0, 0.1) is 0 Å². The monoisotopic (exact) mass is 377 g/mol. The van der Waals surface area contributed by atoms with Crippen molar-refractivity contribution < 1.29 is 9.53 Å². The number of aromatic nitrogens is 3. The largest absolute Gasteiger partial charge is 0.493 e. The molecule has 0 saturated carbocycles. The van der Waals surface area contributed by atoms with E-state index >= 15 is 0 Å². The van der Waals surface area contributed by atoms with Gasteiger partial charge in [0.05, 0.1) is 13.0 Å². The first-order chi connectivity index (χ1) is 13.7. The summed E-state index contributed by atoms with van der Waals surface area (Å²) in [5.41, 5.74) is 1.22. The molecule has 28 heavy (non-hydrogen) atoms. The molecule has 0 bridgehead atoms. The molecule has 1 N–H and O–H groups in total. The quantitative estimate of drug-likeness (QED) is 0.618. The van der Waals surface area contributed by atoms with Crippen LogP contribution in [0.1, 0.15) is 12.0 Å². The zero-order valence-corrected chi connectivity index (χ0v) is 15.8. The minimum Gasteiger partial charge on any atom is -0.493 e. The second-order valence-electron chi connectivity index (χ2n) is 6.26. The number of rotatable bonds is 9. The van der Waals surface area contributed by atoms with Crippen LogP contribution in [0.5, 0.6) is 5.75 Å². The summed E-state index contributed by atoms with van der Waals surface area (Å²) in [4.78, 5) is 18.0. The van der Waals surface area contributed by atoms with Gasteiger partial charge in [0.15, 0.2) is 11.6 Å². The van der Waals surface area contributed by atoms with Gasteiger partial charge in [-0.05, 0) is 48.4 Å². The second-order valence-corrected chi connectivity index (χ2v) is 6.26. The molecule has 0 aliphatic carbocycles. The molecule has 1 aromatic carbocycles. The first-order valence-corrected chi connectivity index (χ1v) is 9.12. The van der Waals surface area contributed by atoms with Crippen LogP contribution in [0.3, 0.4) is 0 Å². The molecule has 0 saturated heterocycles. The number of hydrogen-bond donors (Lipinski definition) is 1. The smallest absolute Gasteiger partial charge is 0.229 e. The SMILES string of the molecule is CN(CCc1ccncc1)c1ccc(NC(=O)CCOc2ccccc2)nn1. The molecule has 1 amide bonds. The summed E-state index contributed by atoms with van der Waals surface area (Å²) < 4.78 is 5.52. The Morgan fingerprint density at radius 1 is 1.04 bits per heavy atom. The predicted molar refractivity (Wildman–Crippen MR) is 108 cm³/mol. The summed E-state index contributed by atoms with van der Waals surface area (Å²) >= 11 is 0. The topological polar surface area (TPSA) is 80.2 Å². The first-order valence-electron chi connectivity index (χ1n) is 9.12. The standard InChI is InChI=1S/C21H23N5O2/c1-26(15-11-17-9-13-22-14-10-17)20-8-7-19(24-25-20)23-21(27)12-16-28-18-5-3-2-4-6-18/h2-10,13-14H,11-12,15-16H2,1H3,(H,23,24,27). The van der Waals surface area contributed by atoms with Gasteiger partial charge in [0.2, 0.25) is 5.91 Å². The molecule has 2 aromatic heterocycles. The first kappa shape index (κ1) is 19.3. The lowest BCUT2D eigenvalue weighted by Crippen LogP contribution is -2.22. The lowest BCUT2D eigenvalue weighted by Gasteiger charge is -2.17. The second kappa shape index (κ2) is 10.0. The minimum atomic E-state index is -0.163. The van der Waals surface area contributed by atoms with Crippen molar-refractivity contribution in [3.63, 3.8) is 0 Å². The summed E-state index contributed by atoms with van der Waals surface area (Å²) in [5.74, 6) is 1.76. The van der Waals surface area contributed by atoms with Gasteiger partial charge in [0.25, 0.3) is 0 Å². The molecular formula is C21H23N5O2. The van der Waals surface area contributed by atoms with E-state index in [2.05, 4.69) is 20.5 Å². The summed E-state index contributed by atoms with van der Waals surface area (Å²) in [6, 6.07) is 17.0. The van der Waals surface area contributed by atoms with Crippen LogP contribution in [0.2, 0.25) is 0 Å². The van der Waals surface area contributed by atoms with Crippen molar-refractivity contribution in [2.45, 2.75) is 12.8 Å². The van der Waals surface area contributed by atoms with E-state index in [-0.39, 0.29) is 12.3 Å². The molecule has 7 heteroatoms. The highest BCUT2D eigenvalue weighted by Crippen LogP contribution is 2.12. The molecule has 0 atom stereocenters. The molecule has 0 aliphatic heterocycles. The van der Waals surface area contributed by atoms with Gasteiger partial charge in [-0.25, -0.2) is 0 Å². The molecule has 3 rings (SSSR count). The van der Waals surface area contributed by atoms with E-state index in [1.54, 1.807) is 18.5 Å². The Labute approximate surface area is 164 Å². The Hall–Kier alpha value is -3.48. The van der Waals surface area contributed by atoms with Gasteiger partial charge in [-0.1, -0.05) is 18.2 Å².